The molecule has 1 aromatic rings. The smallest absolute Gasteiger partial charge is 0.292 e. The van der Waals surface area contributed by atoms with Crippen LogP contribution >= 0.6 is 0 Å². The molecule has 0 atom stereocenters. The fraction of sp³-hybridized carbons (Fsp3) is 0.562. The Morgan fingerprint density at radius 2 is 2.00 bits per heavy atom. The average Bonchev–Trinajstić information content (AvgIpc) is 2.63. The second-order valence-corrected chi connectivity index (χ2v) is 6.00. The molecule has 2 aliphatic heterocycles. The van der Waals surface area contributed by atoms with Gasteiger partial charge in [0.2, 0.25) is 0 Å². The molecule has 1 spiro atoms. The van der Waals surface area contributed by atoms with E-state index in [9.17, 15) is 4.79 Å². The molecule has 2 aliphatic rings. The van der Waals surface area contributed by atoms with E-state index in [1.807, 2.05) is 30.0 Å². The first-order valence-corrected chi connectivity index (χ1v) is 7.25. The fourth-order valence-electron chi connectivity index (χ4n) is 2.91. The van der Waals surface area contributed by atoms with Crippen LogP contribution in [0.3, 0.4) is 0 Å². The molecule has 0 saturated carbocycles. The molecule has 1 saturated heterocycles. The summed E-state index contributed by atoms with van der Waals surface area (Å²) in [5.74, 6) is -0.882. The monoisotopic (exact) mass is 275 g/mol. The van der Waals surface area contributed by atoms with Crippen LogP contribution in [0.1, 0.15) is 31.4 Å². The molecule has 1 aromatic carbocycles. The molecule has 108 valence electrons. The Bertz CT molecular complexity index is 533. The average molecular weight is 275 g/mol. The number of nitrogens with zero attached hydrogens (tertiary/aromatic N) is 1. The van der Waals surface area contributed by atoms with Gasteiger partial charge in [0.15, 0.2) is 0 Å². The van der Waals surface area contributed by atoms with Crippen LogP contribution in [-0.4, -0.2) is 25.7 Å². The van der Waals surface area contributed by atoms with Gasteiger partial charge in [-0.25, -0.2) is 0 Å². The summed E-state index contributed by atoms with van der Waals surface area (Å²) in [5.41, 5.74) is 2.90. The normalized spacial score (nSPS) is 20.8. The summed E-state index contributed by atoms with van der Waals surface area (Å²) < 4.78 is 11.6. The van der Waals surface area contributed by atoms with E-state index in [-0.39, 0.29) is 5.91 Å². The van der Waals surface area contributed by atoms with Crippen molar-refractivity contribution in [1.29, 1.82) is 0 Å². The van der Waals surface area contributed by atoms with Crippen LogP contribution < -0.4 is 4.90 Å². The van der Waals surface area contributed by atoms with Crippen molar-refractivity contribution in [3.63, 3.8) is 0 Å². The maximum Gasteiger partial charge on any atom is 0.292 e. The van der Waals surface area contributed by atoms with Crippen LogP contribution in [0.5, 0.6) is 0 Å². The zero-order valence-corrected chi connectivity index (χ0v) is 12.3. The van der Waals surface area contributed by atoms with Crippen molar-refractivity contribution < 1.29 is 14.3 Å². The van der Waals surface area contributed by atoms with Crippen LogP contribution in [0.2, 0.25) is 0 Å². The molecule has 1 amide bonds. The third-order valence-electron chi connectivity index (χ3n) is 3.77. The second-order valence-electron chi connectivity index (χ2n) is 6.00. The highest BCUT2D eigenvalue weighted by Gasteiger charge is 2.54. The molecule has 3 rings (SSSR count). The molecule has 0 bridgehead atoms. The number of benzene rings is 1. The molecule has 20 heavy (non-hydrogen) atoms. The van der Waals surface area contributed by atoms with E-state index in [0.717, 1.165) is 23.2 Å². The standard InChI is InChI=1S/C16H21NO3/c1-11(2)10-17-14-6-5-12(3)9-13(14)16(15(17)18)19-7-4-8-20-16/h5-6,9,11H,4,7-8,10H2,1-3H3. The molecule has 0 N–H and O–H groups in total. The van der Waals surface area contributed by atoms with Crippen molar-refractivity contribution in [2.75, 3.05) is 24.7 Å². The summed E-state index contributed by atoms with van der Waals surface area (Å²) >= 11 is 0. The minimum absolute atomic E-state index is 0.0773. The lowest BCUT2D eigenvalue weighted by molar-refractivity contribution is -0.256. The third-order valence-corrected chi connectivity index (χ3v) is 3.77. The van der Waals surface area contributed by atoms with Crippen molar-refractivity contribution in [2.45, 2.75) is 33.0 Å². The molecule has 0 aromatic heterocycles. The minimum Gasteiger partial charge on any atom is -0.338 e. The first-order chi connectivity index (χ1) is 9.54. The number of rotatable bonds is 2. The van der Waals surface area contributed by atoms with Crippen molar-refractivity contribution in [3.8, 4) is 0 Å². The SMILES string of the molecule is Cc1ccc2c(c1)C1(OCCCO1)C(=O)N2CC(C)C. The van der Waals surface area contributed by atoms with Gasteiger partial charge in [0, 0.05) is 12.1 Å². The number of anilines is 1. The Morgan fingerprint density at radius 3 is 2.65 bits per heavy atom. The van der Waals surface area contributed by atoms with E-state index in [1.54, 1.807) is 0 Å². The van der Waals surface area contributed by atoms with E-state index >= 15 is 0 Å². The summed E-state index contributed by atoms with van der Waals surface area (Å²) in [6.07, 6.45) is 0.834. The van der Waals surface area contributed by atoms with E-state index in [1.165, 1.54) is 0 Å². The van der Waals surface area contributed by atoms with Crippen molar-refractivity contribution in [2.24, 2.45) is 5.92 Å². The van der Waals surface area contributed by atoms with E-state index < -0.39 is 5.79 Å². The number of fused-ring (bicyclic) bond motifs is 2. The summed E-state index contributed by atoms with van der Waals surface area (Å²) in [4.78, 5) is 14.7. The number of amides is 1. The van der Waals surface area contributed by atoms with E-state index in [2.05, 4.69) is 13.8 Å². The lowest BCUT2D eigenvalue weighted by atomic mass is 10.0. The van der Waals surface area contributed by atoms with Gasteiger partial charge in [0.05, 0.1) is 18.9 Å². The molecule has 0 radical (unpaired) electrons. The fourth-order valence-corrected chi connectivity index (χ4v) is 2.91. The highest BCUT2D eigenvalue weighted by molar-refractivity contribution is 6.06. The number of aryl methyl sites for hydroxylation is 1. The van der Waals surface area contributed by atoms with Crippen LogP contribution in [0.15, 0.2) is 18.2 Å². The molecule has 1 fully saturated rings. The van der Waals surface area contributed by atoms with Crippen molar-refractivity contribution >= 4 is 11.6 Å². The summed E-state index contributed by atoms with van der Waals surface area (Å²) in [7, 11) is 0. The van der Waals surface area contributed by atoms with Gasteiger partial charge in [-0.1, -0.05) is 25.5 Å². The van der Waals surface area contributed by atoms with Crippen LogP contribution in [0.25, 0.3) is 0 Å². The first kappa shape index (κ1) is 13.6. The number of carbonyl (C=O) groups is 1. The maximum atomic E-state index is 12.9. The Balaban J connectivity index is 2.09. The predicted molar refractivity (Wildman–Crippen MR) is 76.6 cm³/mol. The molecular weight excluding hydrogens is 254 g/mol. The number of carbonyl (C=O) groups excluding carboxylic acids is 1. The van der Waals surface area contributed by atoms with Crippen molar-refractivity contribution in [3.05, 3.63) is 29.3 Å². The Morgan fingerprint density at radius 1 is 1.30 bits per heavy atom. The molecule has 0 unspecified atom stereocenters. The Hall–Kier alpha value is -1.39. The summed E-state index contributed by atoms with van der Waals surface area (Å²) in [6.45, 7) is 8.04. The van der Waals surface area contributed by atoms with Gasteiger partial charge in [0.1, 0.15) is 0 Å². The number of hydrogen-bond donors (Lipinski definition) is 0. The van der Waals surface area contributed by atoms with E-state index in [4.69, 9.17) is 9.47 Å². The summed E-state index contributed by atoms with van der Waals surface area (Å²) in [5, 5.41) is 0. The molecule has 2 heterocycles. The van der Waals surface area contributed by atoms with Gasteiger partial charge < -0.3 is 14.4 Å². The lowest BCUT2D eigenvalue weighted by Gasteiger charge is -2.32. The topological polar surface area (TPSA) is 38.8 Å². The largest absolute Gasteiger partial charge is 0.338 e. The van der Waals surface area contributed by atoms with Gasteiger partial charge in [-0.2, -0.15) is 0 Å². The zero-order valence-electron chi connectivity index (χ0n) is 12.3. The second kappa shape index (κ2) is 4.86. The predicted octanol–water partition coefficient (Wildman–Crippen LogP) is 2.59. The van der Waals surface area contributed by atoms with Gasteiger partial charge in [-0.15, -0.1) is 0 Å². The molecule has 4 heteroatoms. The maximum absolute atomic E-state index is 12.9. The molecule has 4 nitrogen and oxygen atoms in total. The lowest BCUT2D eigenvalue weighted by Crippen LogP contribution is -2.47. The number of ether oxygens (including phenoxy) is 2. The highest BCUT2D eigenvalue weighted by atomic mass is 16.7. The quantitative estimate of drug-likeness (QED) is 0.832. The van der Waals surface area contributed by atoms with Crippen LogP contribution in [0, 0.1) is 12.8 Å². The van der Waals surface area contributed by atoms with Gasteiger partial charge in [0.25, 0.3) is 11.7 Å². The zero-order chi connectivity index (χ0) is 14.3. The number of hydrogen-bond acceptors (Lipinski definition) is 3. The van der Waals surface area contributed by atoms with E-state index in [0.29, 0.717) is 25.7 Å². The van der Waals surface area contributed by atoms with Gasteiger partial charge in [-0.3, -0.25) is 4.79 Å². The molecule has 0 aliphatic carbocycles. The molecular formula is C16H21NO3. The van der Waals surface area contributed by atoms with Gasteiger partial charge in [-0.05, 0) is 31.4 Å². The van der Waals surface area contributed by atoms with Gasteiger partial charge >= 0.3 is 0 Å². The van der Waals surface area contributed by atoms with Crippen molar-refractivity contribution in [1.82, 2.24) is 0 Å². The third kappa shape index (κ3) is 1.95. The Labute approximate surface area is 119 Å². The Kier molecular flexibility index (Phi) is 3.30. The minimum atomic E-state index is -1.20. The van der Waals surface area contributed by atoms with Crippen LogP contribution in [0.4, 0.5) is 5.69 Å². The summed E-state index contributed by atoms with van der Waals surface area (Å²) in [6, 6.07) is 6.04. The highest BCUT2D eigenvalue weighted by Crippen LogP contribution is 2.45. The first-order valence-electron chi connectivity index (χ1n) is 7.25. The van der Waals surface area contributed by atoms with Crippen LogP contribution in [-0.2, 0) is 20.1 Å².